The van der Waals surface area contributed by atoms with E-state index in [0.717, 1.165) is 28.0 Å². The first kappa shape index (κ1) is 16.8. The van der Waals surface area contributed by atoms with E-state index < -0.39 is 0 Å². The van der Waals surface area contributed by atoms with Crippen molar-refractivity contribution in [1.82, 2.24) is 14.9 Å². The van der Waals surface area contributed by atoms with Crippen LogP contribution in [-0.2, 0) is 17.8 Å². The van der Waals surface area contributed by atoms with E-state index >= 15 is 0 Å². The van der Waals surface area contributed by atoms with Gasteiger partial charge in [0.15, 0.2) is 0 Å². The maximum absolute atomic E-state index is 12.4. The smallest absolute Gasteiger partial charge is 0.225 e. The first-order chi connectivity index (χ1) is 12.1. The van der Waals surface area contributed by atoms with Crippen LogP contribution in [0.4, 0.5) is 0 Å². The molecule has 0 fully saturated rings. The zero-order valence-corrected chi connectivity index (χ0v) is 14.5. The minimum Gasteiger partial charge on any atom is -0.346 e. The monoisotopic (exact) mass is 331 g/mol. The summed E-state index contributed by atoms with van der Waals surface area (Å²) in [6.45, 7) is 4.37. The number of aryl methyl sites for hydroxylation is 1. The van der Waals surface area contributed by atoms with Crippen molar-refractivity contribution in [3.8, 4) is 12.3 Å². The summed E-state index contributed by atoms with van der Waals surface area (Å²) in [7, 11) is 0. The van der Waals surface area contributed by atoms with Gasteiger partial charge in [0.05, 0.1) is 30.0 Å². The lowest BCUT2D eigenvalue weighted by Crippen LogP contribution is -2.30. The number of nitrogens with one attached hydrogen (secondary N) is 1. The number of carbonyl (C=O) groups excluding carboxylic acids is 1. The molecule has 0 aliphatic rings. The molecule has 0 aliphatic carbocycles. The fraction of sp³-hybridized carbons (Fsp3) is 0.238. The molecule has 25 heavy (non-hydrogen) atoms. The number of para-hydroxylation sites is 2. The molecule has 2 aromatic carbocycles. The fourth-order valence-electron chi connectivity index (χ4n) is 3.02. The van der Waals surface area contributed by atoms with Crippen LogP contribution in [0.2, 0.25) is 0 Å². The number of hydrogen-bond donors (Lipinski definition) is 1. The summed E-state index contributed by atoms with van der Waals surface area (Å²) in [5.74, 6) is 3.42. The molecular formula is C21H21N3O. The van der Waals surface area contributed by atoms with E-state index in [-0.39, 0.29) is 11.9 Å². The zero-order chi connectivity index (χ0) is 17.8. The highest BCUT2D eigenvalue weighted by molar-refractivity contribution is 5.80. The Morgan fingerprint density at radius 2 is 1.96 bits per heavy atom. The van der Waals surface area contributed by atoms with Gasteiger partial charge in [-0.3, -0.25) is 4.79 Å². The number of terminal acetylenes is 1. The Hall–Kier alpha value is -3.06. The average Bonchev–Trinajstić information content (AvgIpc) is 2.96. The molecule has 1 N–H and O–H groups in total. The Kier molecular flexibility index (Phi) is 4.85. The van der Waals surface area contributed by atoms with E-state index in [1.807, 2.05) is 66.9 Å². The van der Waals surface area contributed by atoms with Crippen LogP contribution in [0.3, 0.4) is 0 Å². The molecule has 3 rings (SSSR count). The van der Waals surface area contributed by atoms with Crippen LogP contribution < -0.4 is 5.32 Å². The molecule has 0 bridgehead atoms. The van der Waals surface area contributed by atoms with E-state index in [4.69, 9.17) is 6.42 Å². The predicted octanol–water partition coefficient (Wildman–Crippen LogP) is 3.40. The van der Waals surface area contributed by atoms with Gasteiger partial charge in [0.2, 0.25) is 5.91 Å². The second-order valence-corrected chi connectivity index (χ2v) is 6.14. The second kappa shape index (κ2) is 7.23. The minimum absolute atomic E-state index is 0.0267. The van der Waals surface area contributed by atoms with Crippen molar-refractivity contribution in [1.29, 1.82) is 0 Å². The van der Waals surface area contributed by atoms with Crippen molar-refractivity contribution in [2.45, 2.75) is 32.9 Å². The van der Waals surface area contributed by atoms with E-state index in [9.17, 15) is 4.79 Å². The lowest BCUT2D eigenvalue weighted by Gasteiger charge is -2.15. The molecule has 1 atom stereocenters. The molecule has 1 amide bonds. The summed E-state index contributed by atoms with van der Waals surface area (Å²) in [6.07, 6.45) is 5.87. The van der Waals surface area contributed by atoms with Gasteiger partial charge in [-0.05, 0) is 37.1 Å². The van der Waals surface area contributed by atoms with Crippen molar-refractivity contribution in [3.05, 3.63) is 65.5 Å². The molecule has 126 valence electrons. The first-order valence-electron chi connectivity index (χ1n) is 8.32. The molecule has 1 unspecified atom stereocenters. The molecule has 4 heteroatoms. The quantitative estimate of drug-likeness (QED) is 0.729. The number of benzene rings is 2. The Bertz CT molecular complexity index is 949. The number of hydrogen-bond acceptors (Lipinski definition) is 2. The molecule has 4 nitrogen and oxygen atoms in total. The summed E-state index contributed by atoms with van der Waals surface area (Å²) in [5, 5.41) is 3.04. The summed E-state index contributed by atoms with van der Waals surface area (Å²) in [5.41, 5.74) is 4.01. The molecule has 1 heterocycles. The number of fused-ring (bicyclic) bond motifs is 1. The van der Waals surface area contributed by atoms with Crippen LogP contribution in [0, 0.1) is 19.3 Å². The lowest BCUT2D eigenvalue weighted by molar-refractivity contribution is -0.121. The molecule has 0 radical (unpaired) electrons. The number of aromatic nitrogens is 2. The Balaban J connectivity index is 1.81. The standard InChI is InChI=1S/C21H21N3O/c1-4-13-24-19-12-8-7-11-18(19)23-21(24)16(3)22-20(25)14-17-10-6-5-9-15(17)2/h1,5-12,16H,13-14H2,2-3H3,(H,22,25). The summed E-state index contributed by atoms with van der Waals surface area (Å²) < 4.78 is 1.98. The highest BCUT2D eigenvalue weighted by atomic mass is 16.1. The van der Waals surface area contributed by atoms with Gasteiger partial charge in [-0.1, -0.05) is 42.3 Å². The van der Waals surface area contributed by atoms with E-state index in [1.165, 1.54) is 0 Å². The van der Waals surface area contributed by atoms with Gasteiger partial charge in [-0.2, -0.15) is 0 Å². The van der Waals surface area contributed by atoms with Crippen molar-refractivity contribution in [3.63, 3.8) is 0 Å². The van der Waals surface area contributed by atoms with Crippen LogP contribution in [0.5, 0.6) is 0 Å². The topological polar surface area (TPSA) is 46.9 Å². The van der Waals surface area contributed by atoms with Crippen LogP contribution >= 0.6 is 0 Å². The zero-order valence-electron chi connectivity index (χ0n) is 14.5. The third kappa shape index (κ3) is 3.56. The van der Waals surface area contributed by atoms with Crippen molar-refractivity contribution in [2.24, 2.45) is 0 Å². The van der Waals surface area contributed by atoms with Crippen LogP contribution in [0.1, 0.15) is 29.9 Å². The van der Waals surface area contributed by atoms with E-state index in [0.29, 0.717) is 13.0 Å². The number of rotatable bonds is 5. The normalized spacial score (nSPS) is 11.9. The number of amides is 1. The fourth-order valence-corrected chi connectivity index (χ4v) is 3.02. The Morgan fingerprint density at radius 3 is 2.72 bits per heavy atom. The van der Waals surface area contributed by atoms with Crippen molar-refractivity contribution >= 4 is 16.9 Å². The largest absolute Gasteiger partial charge is 0.346 e. The highest BCUT2D eigenvalue weighted by Crippen LogP contribution is 2.21. The molecule has 0 saturated heterocycles. The van der Waals surface area contributed by atoms with E-state index in [2.05, 4.69) is 16.2 Å². The SMILES string of the molecule is C#CCn1c(C(C)NC(=O)Cc2ccccc2C)nc2ccccc21. The van der Waals surface area contributed by atoms with Gasteiger partial charge >= 0.3 is 0 Å². The van der Waals surface area contributed by atoms with Crippen LogP contribution in [0.25, 0.3) is 11.0 Å². The maximum Gasteiger partial charge on any atom is 0.225 e. The van der Waals surface area contributed by atoms with Gasteiger partial charge in [0.1, 0.15) is 5.82 Å². The van der Waals surface area contributed by atoms with Gasteiger partial charge in [-0.15, -0.1) is 6.42 Å². The number of carbonyl (C=O) groups is 1. The van der Waals surface area contributed by atoms with Crippen molar-refractivity contribution < 1.29 is 4.79 Å². The Morgan fingerprint density at radius 1 is 1.24 bits per heavy atom. The third-order valence-electron chi connectivity index (χ3n) is 4.31. The molecule has 0 aliphatic heterocycles. The first-order valence-corrected chi connectivity index (χ1v) is 8.32. The van der Waals surface area contributed by atoms with Gasteiger partial charge in [-0.25, -0.2) is 4.98 Å². The average molecular weight is 331 g/mol. The van der Waals surface area contributed by atoms with E-state index in [1.54, 1.807) is 0 Å². The number of nitrogens with zero attached hydrogens (tertiary/aromatic N) is 2. The predicted molar refractivity (Wildman–Crippen MR) is 100 cm³/mol. The maximum atomic E-state index is 12.4. The Labute approximate surface area is 147 Å². The summed E-state index contributed by atoms with van der Waals surface area (Å²) in [4.78, 5) is 17.1. The molecule has 0 saturated carbocycles. The molecular weight excluding hydrogens is 310 g/mol. The van der Waals surface area contributed by atoms with Gasteiger partial charge in [0, 0.05) is 0 Å². The third-order valence-corrected chi connectivity index (χ3v) is 4.31. The number of imidazole rings is 1. The molecule has 0 spiro atoms. The minimum atomic E-state index is -0.225. The molecule has 1 aromatic heterocycles. The molecule has 3 aromatic rings. The highest BCUT2D eigenvalue weighted by Gasteiger charge is 2.18. The van der Waals surface area contributed by atoms with Crippen LogP contribution in [-0.4, -0.2) is 15.5 Å². The van der Waals surface area contributed by atoms with Crippen molar-refractivity contribution in [2.75, 3.05) is 0 Å². The summed E-state index contributed by atoms with van der Waals surface area (Å²) in [6, 6.07) is 15.5. The van der Waals surface area contributed by atoms with Gasteiger partial charge in [0.25, 0.3) is 0 Å². The summed E-state index contributed by atoms with van der Waals surface area (Å²) >= 11 is 0. The van der Waals surface area contributed by atoms with Gasteiger partial charge < -0.3 is 9.88 Å². The lowest BCUT2D eigenvalue weighted by atomic mass is 10.1. The second-order valence-electron chi connectivity index (χ2n) is 6.14. The van der Waals surface area contributed by atoms with Crippen LogP contribution in [0.15, 0.2) is 48.5 Å².